The van der Waals surface area contributed by atoms with E-state index in [0.29, 0.717) is 39.1 Å². The Labute approximate surface area is 185 Å². The number of hydrogen-bond acceptors (Lipinski definition) is 7. The first-order valence-corrected chi connectivity index (χ1v) is 10.2. The van der Waals surface area contributed by atoms with Crippen LogP contribution in [0.2, 0.25) is 10.0 Å². The van der Waals surface area contributed by atoms with Crippen LogP contribution in [0.4, 0.5) is 0 Å². The third-order valence-electron chi connectivity index (χ3n) is 4.63. The van der Waals surface area contributed by atoms with Crippen LogP contribution >= 0.6 is 23.2 Å². The third-order valence-corrected chi connectivity index (χ3v) is 5.46. The zero-order chi connectivity index (χ0) is 21.8. The van der Waals surface area contributed by atoms with Crippen LogP contribution in [0.1, 0.15) is 45.1 Å². The van der Waals surface area contributed by atoms with E-state index in [1.54, 1.807) is 19.1 Å². The van der Waals surface area contributed by atoms with Crippen LogP contribution in [0, 0.1) is 0 Å². The van der Waals surface area contributed by atoms with Crippen molar-refractivity contribution in [3.63, 3.8) is 0 Å². The Kier molecular flexibility index (Phi) is 7.18. The summed E-state index contributed by atoms with van der Waals surface area (Å²) < 4.78 is 16.4. The van der Waals surface area contributed by atoms with Gasteiger partial charge in [-0.1, -0.05) is 35.3 Å². The van der Waals surface area contributed by atoms with E-state index in [9.17, 15) is 4.79 Å². The summed E-state index contributed by atoms with van der Waals surface area (Å²) in [7, 11) is 0. The number of hydrogen-bond donors (Lipinski definition) is 1. The van der Waals surface area contributed by atoms with Gasteiger partial charge in [0.15, 0.2) is 0 Å². The lowest BCUT2D eigenvalue weighted by molar-refractivity contribution is -0.141. The van der Waals surface area contributed by atoms with Crippen molar-refractivity contribution in [2.75, 3.05) is 13.2 Å². The number of halogens is 2. The molecule has 1 N–H and O–H groups in total. The fraction of sp³-hybridized carbons (Fsp3) is 0.381. The number of rotatable bonds is 7. The fourth-order valence-electron chi connectivity index (χ4n) is 3.39. The number of nitrogens with zero attached hydrogens (tertiary/aromatic N) is 2. The number of carbonyl (C=O) groups is 1. The van der Waals surface area contributed by atoms with Crippen LogP contribution in [-0.2, 0) is 14.3 Å². The molecule has 0 spiro atoms. The molecule has 30 heavy (non-hydrogen) atoms. The molecule has 1 atom stereocenters. The second-order valence-corrected chi connectivity index (χ2v) is 7.86. The SMILES string of the molecule is CC1=C(C(=O)OCCOC(C)C)C(c2cccc(Cl)c2Cl)C(c2nnco2)=C(C)N1. The maximum absolute atomic E-state index is 13.1. The molecule has 1 aliphatic rings. The lowest BCUT2D eigenvalue weighted by Crippen LogP contribution is -2.29. The van der Waals surface area contributed by atoms with Crippen molar-refractivity contribution in [3.8, 4) is 0 Å². The molecule has 7 nitrogen and oxygen atoms in total. The molecule has 1 aromatic heterocycles. The van der Waals surface area contributed by atoms with E-state index in [1.165, 1.54) is 6.39 Å². The molecule has 160 valence electrons. The second kappa shape index (κ2) is 9.64. The number of carbonyl (C=O) groups excluding carboxylic acids is 1. The summed E-state index contributed by atoms with van der Waals surface area (Å²) in [6.45, 7) is 7.94. The number of aromatic nitrogens is 2. The zero-order valence-electron chi connectivity index (χ0n) is 17.2. The Morgan fingerprint density at radius 1 is 1.23 bits per heavy atom. The molecule has 0 saturated carbocycles. The van der Waals surface area contributed by atoms with Crippen LogP contribution in [0.5, 0.6) is 0 Å². The molecule has 0 bridgehead atoms. The highest BCUT2D eigenvalue weighted by Crippen LogP contribution is 2.46. The van der Waals surface area contributed by atoms with E-state index < -0.39 is 11.9 Å². The number of ether oxygens (including phenoxy) is 2. The average molecular weight is 452 g/mol. The number of benzene rings is 1. The van der Waals surface area contributed by atoms with Gasteiger partial charge in [0.25, 0.3) is 0 Å². The van der Waals surface area contributed by atoms with Crippen LogP contribution in [0.15, 0.2) is 46.0 Å². The largest absolute Gasteiger partial charge is 0.460 e. The molecule has 0 saturated heterocycles. The summed E-state index contributed by atoms with van der Waals surface area (Å²) in [5.74, 6) is -0.809. The average Bonchev–Trinajstić information content (AvgIpc) is 3.21. The summed E-state index contributed by atoms with van der Waals surface area (Å²) >= 11 is 12.8. The van der Waals surface area contributed by atoms with Crippen molar-refractivity contribution in [2.45, 2.75) is 39.7 Å². The first-order valence-electron chi connectivity index (χ1n) is 9.49. The minimum Gasteiger partial charge on any atom is -0.460 e. The Balaban J connectivity index is 2.04. The maximum Gasteiger partial charge on any atom is 0.336 e. The van der Waals surface area contributed by atoms with Crippen LogP contribution in [0.25, 0.3) is 5.57 Å². The van der Waals surface area contributed by atoms with E-state index in [-0.39, 0.29) is 18.6 Å². The fourth-order valence-corrected chi connectivity index (χ4v) is 3.81. The quantitative estimate of drug-likeness (QED) is 0.480. The van der Waals surface area contributed by atoms with Crippen LogP contribution in [0.3, 0.4) is 0 Å². The molecule has 2 heterocycles. The van der Waals surface area contributed by atoms with Gasteiger partial charge in [0.2, 0.25) is 12.3 Å². The number of esters is 1. The van der Waals surface area contributed by atoms with Crippen molar-refractivity contribution in [1.82, 2.24) is 15.5 Å². The van der Waals surface area contributed by atoms with Crippen molar-refractivity contribution >= 4 is 34.7 Å². The number of allylic oxidation sites excluding steroid dienone is 3. The van der Waals surface area contributed by atoms with Gasteiger partial charge in [-0.25, -0.2) is 4.79 Å². The monoisotopic (exact) mass is 451 g/mol. The van der Waals surface area contributed by atoms with Crippen molar-refractivity contribution in [3.05, 3.63) is 63.1 Å². The van der Waals surface area contributed by atoms with Crippen molar-refractivity contribution < 1.29 is 18.7 Å². The molecule has 9 heteroatoms. The van der Waals surface area contributed by atoms with Gasteiger partial charge in [-0.2, -0.15) is 0 Å². The summed E-state index contributed by atoms with van der Waals surface area (Å²) in [4.78, 5) is 13.1. The molecule has 2 aromatic rings. The molecule has 3 rings (SSSR count). The first kappa shape index (κ1) is 22.3. The van der Waals surface area contributed by atoms with E-state index in [0.717, 1.165) is 5.70 Å². The predicted molar refractivity (Wildman–Crippen MR) is 114 cm³/mol. The third kappa shape index (κ3) is 4.69. The molecule has 0 amide bonds. The second-order valence-electron chi connectivity index (χ2n) is 7.08. The first-order chi connectivity index (χ1) is 14.3. The zero-order valence-corrected chi connectivity index (χ0v) is 18.7. The minimum atomic E-state index is -0.601. The molecular formula is C21H23Cl2N3O4. The molecule has 0 aliphatic carbocycles. The summed E-state index contributed by atoms with van der Waals surface area (Å²) in [6, 6.07) is 5.28. The standard InChI is InChI=1S/C21H23Cl2N3O4/c1-11(2)28-8-9-29-21(27)17-13(4)25-12(3)16(20-26-24-10-30-20)18(17)14-6-5-7-15(22)19(14)23/h5-7,10-11,18,25H,8-9H2,1-4H3. The number of dihydropyridines is 1. The van der Waals surface area contributed by atoms with Gasteiger partial charge in [0.05, 0.1) is 34.2 Å². The van der Waals surface area contributed by atoms with Gasteiger partial charge in [-0.15, -0.1) is 10.2 Å². The summed E-state index contributed by atoms with van der Waals surface area (Å²) in [6.07, 6.45) is 1.28. The highest BCUT2D eigenvalue weighted by Gasteiger charge is 2.38. The van der Waals surface area contributed by atoms with Crippen molar-refractivity contribution in [1.29, 1.82) is 0 Å². The van der Waals surface area contributed by atoms with Crippen LogP contribution < -0.4 is 5.32 Å². The highest BCUT2D eigenvalue weighted by molar-refractivity contribution is 6.42. The van der Waals surface area contributed by atoms with Crippen molar-refractivity contribution in [2.24, 2.45) is 0 Å². The Bertz CT molecular complexity index is 984. The molecular weight excluding hydrogens is 429 g/mol. The molecule has 0 fully saturated rings. The summed E-state index contributed by atoms with van der Waals surface area (Å²) in [5, 5.41) is 11.8. The lowest BCUT2D eigenvalue weighted by Gasteiger charge is -2.30. The highest BCUT2D eigenvalue weighted by atomic mass is 35.5. The smallest absolute Gasteiger partial charge is 0.336 e. The normalized spacial score (nSPS) is 16.8. The molecule has 1 aliphatic heterocycles. The van der Waals surface area contributed by atoms with E-state index in [1.807, 2.05) is 26.8 Å². The molecule has 1 unspecified atom stereocenters. The van der Waals surface area contributed by atoms with Gasteiger partial charge in [0.1, 0.15) is 6.61 Å². The molecule has 0 radical (unpaired) electrons. The topological polar surface area (TPSA) is 86.5 Å². The van der Waals surface area contributed by atoms with Gasteiger partial charge >= 0.3 is 5.97 Å². The van der Waals surface area contributed by atoms with Gasteiger partial charge < -0.3 is 19.2 Å². The van der Waals surface area contributed by atoms with E-state index >= 15 is 0 Å². The Morgan fingerprint density at radius 2 is 2.00 bits per heavy atom. The van der Waals surface area contributed by atoms with E-state index in [4.69, 9.17) is 37.1 Å². The lowest BCUT2D eigenvalue weighted by atomic mass is 9.80. The van der Waals surface area contributed by atoms with Gasteiger partial charge in [0, 0.05) is 17.0 Å². The molecule has 1 aromatic carbocycles. The predicted octanol–water partition coefficient (Wildman–Crippen LogP) is 4.74. The Morgan fingerprint density at radius 3 is 2.67 bits per heavy atom. The van der Waals surface area contributed by atoms with Gasteiger partial charge in [-0.3, -0.25) is 0 Å². The number of nitrogens with one attached hydrogen (secondary N) is 1. The van der Waals surface area contributed by atoms with E-state index in [2.05, 4.69) is 15.5 Å². The maximum atomic E-state index is 13.1. The Hall–Kier alpha value is -2.35. The minimum absolute atomic E-state index is 0.0497. The van der Waals surface area contributed by atoms with Crippen LogP contribution in [-0.4, -0.2) is 35.5 Å². The summed E-state index contributed by atoms with van der Waals surface area (Å²) in [5.41, 5.74) is 3.07. The van der Waals surface area contributed by atoms with Gasteiger partial charge in [-0.05, 0) is 39.3 Å².